The second-order valence-corrected chi connectivity index (χ2v) is 6.50. The maximum Gasteiger partial charge on any atom is 0.124 e. The SMILES string of the molecule is CC1(C)CC(N2CCC(CN)C2)c2ccccc2O1. The Morgan fingerprint density at radius 2 is 2.16 bits per heavy atom. The predicted molar refractivity (Wildman–Crippen MR) is 77.2 cm³/mol. The van der Waals surface area contributed by atoms with Crippen LogP contribution in [0.15, 0.2) is 24.3 Å². The molecule has 3 nitrogen and oxygen atoms in total. The van der Waals surface area contributed by atoms with Gasteiger partial charge >= 0.3 is 0 Å². The molecule has 1 fully saturated rings. The quantitative estimate of drug-likeness (QED) is 0.888. The molecule has 19 heavy (non-hydrogen) atoms. The minimum Gasteiger partial charge on any atom is -0.487 e. The number of nitrogens with two attached hydrogens (primary N) is 1. The normalized spacial score (nSPS) is 29.8. The van der Waals surface area contributed by atoms with Gasteiger partial charge in [-0.2, -0.15) is 0 Å². The Morgan fingerprint density at radius 1 is 1.37 bits per heavy atom. The molecule has 2 aliphatic heterocycles. The van der Waals surface area contributed by atoms with Crippen LogP contribution in [0.5, 0.6) is 5.75 Å². The number of fused-ring (bicyclic) bond motifs is 1. The highest BCUT2D eigenvalue weighted by molar-refractivity contribution is 5.38. The first-order valence-corrected chi connectivity index (χ1v) is 7.31. The molecule has 0 aliphatic carbocycles. The van der Waals surface area contributed by atoms with Crippen LogP contribution >= 0.6 is 0 Å². The zero-order valence-corrected chi connectivity index (χ0v) is 11.9. The summed E-state index contributed by atoms with van der Waals surface area (Å²) in [7, 11) is 0. The summed E-state index contributed by atoms with van der Waals surface area (Å²) in [6.07, 6.45) is 2.29. The van der Waals surface area contributed by atoms with Crippen molar-refractivity contribution in [2.24, 2.45) is 11.7 Å². The van der Waals surface area contributed by atoms with Gasteiger partial charge in [0.05, 0.1) is 0 Å². The Balaban J connectivity index is 1.89. The van der Waals surface area contributed by atoms with Crippen LogP contribution in [0, 0.1) is 5.92 Å². The van der Waals surface area contributed by atoms with E-state index in [0.29, 0.717) is 12.0 Å². The number of rotatable bonds is 2. The van der Waals surface area contributed by atoms with Gasteiger partial charge in [0.1, 0.15) is 11.4 Å². The maximum absolute atomic E-state index is 6.11. The molecule has 2 heterocycles. The molecular formula is C16H24N2O. The van der Waals surface area contributed by atoms with Crippen LogP contribution in [0.1, 0.15) is 38.3 Å². The second kappa shape index (κ2) is 4.80. The van der Waals surface area contributed by atoms with Crippen molar-refractivity contribution in [2.45, 2.75) is 38.3 Å². The average molecular weight is 260 g/mol. The lowest BCUT2D eigenvalue weighted by atomic mass is 9.89. The van der Waals surface area contributed by atoms with Gasteiger partial charge in [-0.15, -0.1) is 0 Å². The molecule has 0 radical (unpaired) electrons. The van der Waals surface area contributed by atoms with E-state index in [0.717, 1.165) is 31.8 Å². The van der Waals surface area contributed by atoms with Crippen LogP contribution in [-0.4, -0.2) is 30.1 Å². The molecule has 3 heteroatoms. The summed E-state index contributed by atoms with van der Waals surface area (Å²) in [5.74, 6) is 1.72. The molecule has 3 rings (SSSR count). The summed E-state index contributed by atoms with van der Waals surface area (Å²) in [5.41, 5.74) is 7.09. The number of benzene rings is 1. The van der Waals surface area contributed by atoms with Crippen LogP contribution in [0.25, 0.3) is 0 Å². The third-order valence-corrected chi connectivity index (χ3v) is 4.44. The molecule has 104 valence electrons. The summed E-state index contributed by atoms with van der Waals surface area (Å²) in [6.45, 7) is 7.48. The molecule has 0 saturated carbocycles. The van der Waals surface area contributed by atoms with E-state index in [1.807, 2.05) is 0 Å². The number of nitrogens with zero attached hydrogens (tertiary/aromatic N) is 1. The minimum absolute atomic E-state index is 0.0835. The summed E-state index contributed by atoms with van der Waals surface area (Å²) in [5, 5.41) is 0. The monoisotopic (exact) mass is 260 g/mol. The standard InChI is InChI=1S/C16H24N2O/c1-16(2)9-14(18-8-7-12(10-17)11-18)13-5-3-4-6-15(13)19-16/h3-6,12,14H,7-11,17H2,1-2H3. The topological polar surface area (TPSA) is 38.5 Å². The van der Waals surface area contributed by atoms with Gasteiger partial charge in [0.25, 0.3) is 0 Å². The van der Waals surface area contributed by atoms with E-state index in [9.17, 15) is 0 Å². The third-order valence-electron chi connectivity index (χ3n) is 4.44. The first-order valence-electron chi connectivity index (χ1n) is 7.31. The van der Waals surface area contributed by atoms with Gasteiger partial charge in [0.15, 0.2) is 0 Å². The van der Waals surface area contributed by atoms with E-state index in [1.54, 1.807) is 0 Å². The molecule has 0 amide bonds. The Morgan fingerprint density at radius 3 is 2.89 bits per heavy atom. The van der Waals surface area contributed by atoms with Crippen molar-refractivity contribution in [3.63, 3.8) is 0 Å². The Kier molecular flexibility index (Phi) is 3.27. The highest BCUT2D eigenvalue weighted by Crippen LogP contribution is 2.43. The number of likely N-dealkylation sites (tertiary alicyclic amines) is 1. The molecular weight excluding hydrogens is 236 g/mol. The first-order chi connectivity index (χ1) is 9.09. The molecule has 2 aliphatic rings. The summed E-state index contributed by atoms with van der Waals surface area (Å²) >= 11 is 0. The van der Waals surface area contributed by atoms with Gasteiger partial charge in [-0.3, -0.25) is 4.90 Å². The summed E-state index contributed by atoms with van der Waals surface area (Å²) in [4.78, 5) is 2.60. The number of hydrogen-bond donors (Lipinski definition) is 1. The predicted octanol–water partition coefficient (Wildman–Crippen LogP) is 2.57. The first kappa shape index (κ1) is 12.9. The van der Waals surface area contributed by atoms with E-state index in [1.165, 1.54) is 12.0 Å². The molecule has 2 unspecified atom stereocenters. The van der Waals surface area contributed by atoms with Crippen molar-refractivity contribution in [3.05, 3.63) is 29.8 Å². The maximum atomic E-state index is 6.11. The zero-order chi connectivity index (χ0) is 13.5. The van der Waals surface area contributed by atoms with Crippen molar-refractivity contribution < 1.29 is 4.74 Å². The Labute approximate surface area is 115 Å². The third kappa shape index (κ3) is 2.49. The van der Waals surface area contributed by atoms with E-state index in [-0.39, 0.29) is 5.60 Å². The molecule has 2 N–H and O–H groups in total. The van der Waals surface area contributed by atoms with Crippen molar-refractivity contribution in [2.75, 3.05) is 19.6 Å². The van der Waals surface area contributed by atoms with E-state index in [2.05, 4.69) is 43.0 Å². The molecule has 1 aromatic carbocycles. The minimum atomic E-state index is -0.0835. The van der Waals surface area contributed by atoms with Crippen LogP contribution in [0.2, 0.25) is 0 Å². The van der Waals surface area contributed by atoms with Gasteiger partial charge in [-0.05, 0) is 45.3 Å². The molecule has 0 spiro atoms. The Bertz CT molecular complexity index is 458. The van der Waals surface area contributed by atoms with E-state index >= 15 is 0 Å². The van der Waals surface area contributed by atoms with E-state index in [4.69, 9.17) is 10.5 Å². The number of para-hydroxylation sites is 1. The van der Waals surface area contributed by atoms with E-state index < -0.39 is 0 Å². The molecule has 1 aromatic rings. The molecule has 0 aromatic heterocycles. The van der Waals surface area contributed by atoms with Crippen molar-refractivity contribution >= 4 is 0 Å². The fraction of sp³-hybridized carbons (Fsp3) is 0.625. The number of ether oxygens (including phenoxy) is 1. The zero-order valence-electron chi connectivity index (χ0n) is 11.9. The van der Waals surface area contributed by atoms with Gasteiger partial charge in [0, 0.05) is 24.6 Å². The fourth-order valence-corrected chi connectivity index (χ4v) is 3.43. The molecule has 0 bridgehead atoms. The molecule has 1 saturated heterocycles. The van der Waals surface area contributed by atoms with Gasteiger partial charge < -0.3 is 10.5 Å². The van der Waals surface area contributed by atoms with Crippen LogP contribution in [-0.2, 0) is 0 Å². The van der Waals surface area contributed by atoms with Gasteiger partial charge in [-0.1, -0.05) is 18.2 Å². The fourth-order valence-electron chi connectivity index (χ4n) is 3.43. The van der Waals surface area contributed by atoms with Gasteiger partial charge in [-0.25, -0.2) is 0 Å². The van der Waals surface area contributed by atoms with Crippen LogP contribution < -0.4 is 10.5 Å². The van der Waals surface area contributed by atoms with Crippen LogP contribution in [0.4, 0.5) is 0 Å². The highest BCUT2D eigenvalue weighted by atomic mass is 16.5. The lowest BCUT2D eigenvalue weighted by Crippen LogP contribution is -2.41. The van der Waals surface area contributed by atoms with Crippen molar-refractivity contribution in [1.29, 1.82) is 0 Å². The summed E-state index contributed by atoms with van der Waals surface area (Å²) in [6, 6.07) is 8.97. The smallest absolute Gasteiger partial charge is 0.124 e. The average Bonchev–Trinajstić information content (AvgIpc) is 2.85. The largest absolute Gasteiger partial charge is 0.487 e. The lowest BCUT2D eigenvalue weighted by Gasteiger charge is -2.41. The molecule has 2 atom stereocenters. The van der Waals surface area contributed by atoms with Crippen LogP contribution in [0.3, 0.4) is 0 Å². The number of hydrogen-bond acceptors (Lipinski definition) is 3. The van der Waals surface area contributed by atoms with Gasteiger partial charge in [0.2, 0.25) is 0 Å². The van der Waals surface area contributed by atoms with Crippen molar-refractivity contribution in [1.82, 2.24) is 4.90 Å². The summed E-state index contributed by atoms with van der Waals surface area (Å²) < 4.78 is 6.11. The van der Waals surface area contributed by atoms with Crippen molar-refractivity contribution in [3.8, 4) is 5.75 Å². The highest BCUT2D eigenvalue weighted by Gasteiger charge is 2.38. The Hall–Kier alpha value is -1.06. The second-order valence-electron chi connectivity index (χ2n) is 6.50. The lowest BCUT2D eigenvalue weighted by molar-refractivity contribution is 0.0358.